The lowest BCUT2D eigenvalue weighted by molar-refractivity contribution is 0.661. The van der Waals surface area contributed by atoms with Crippen LogP contribution < -0.4 is 10.2 Å². The molecule has 0 radical (unpaired) electrons. The fourth-order valence-corrected chi connectivity index (χ4v) is 1.59. The van der Waals surface area contributed by atoms with E-state index >= 15 is 0 Å². The van der Waals surface area contributed by atoms with Crippen LogP contribution in [-0.4, -0.2) is 24.2 Å². The van der Waals surface area contributed by atoms with Gasteiger partial charge in [-0.3, -0.25) is 10.3 Å². The molecule has 1 aromatic heterocycles. The van der Waals surface area contributed by atoms with Crippen molar-refractivity contribution in [1.29, 1.82) is 0 Å². The van der Waals surface area contributed by atoms with Gasteiger partial charge < -0.3 is 4.90 Å². The van der Waals surface area contributed by atoms with Crippen LogP contribution in [0, 0.1) is 0 Å². The zero-order valence-corrected chi connectivity index (χ0v) is 7.20. The van der Waals surface area contributed by atoms with Crippen LogP contribution in [0.4, 0.5) is 5.69 Å². The summed E-state index contributed by atoms with van der Waals surface area (Å²) in [6.07, 6.45) is 4.12. The lowest BCUT2D eigenvalue weighted by Crippen LogP contribution is -2.32. The van der Waals surface area contributed by atoms with Gasteiger partial charge in [-0.25, -0.2) is 0 Å². The van der Waals surface area contributed by atoms with Crippen LogP contribution in [0.2, 0.25) is 0 Å². The van der Waals surface area contributed by atoms with Crippen LogP contribution in [-0.2, 0) is 0 Å². The zero-order chi connectivity index (χ0) is 8.39. The predicted octanol–water partition coefficient (Wildman–Crippen LogP) is 0.837. The molecule has 64 valence electrons. The zero-order valence-electron chi connectivity index (χ0n) is 7.20. The molecule has 2 rings (SSSR count). The van der Waals surface area contributed by atoms with E-state index < -0.39 is 0 Å². The van der Waals surface area contributed by atoms with E-state index in [9.17, 15) is 0 Å². The van der Waals surface area contributed by atoms with Crippen LogP contribution in [0.15, 0.2) is 24.5 Å². The van der Waals surface area contributed by atoms with Crippen molar-refractivity contribution in [3.05, 3.63) is 24.5 Å². The van der Waals surface area contributed by atoms with E-state index in [0.717, 1.165) is 13.1 Å². The first-order chi connectivity index (χ1) is 5.88. The summed E-state index contributed by atoms with van der Waals surface area (Å²) >= 11 is 0. The van der Waals surface area contributed by atoms with Crippen LogP contribution in [0.3, 0.4) is 0 Å². The number of hydrogen-bond donors (Lipinski definition) is 1. The lowest BCUT2D eigenvalue weighted by Gasteiger charge is -2.22. The van der Waals surface area contributed by atoms with Crippen LogP contribution >= 0.6 is 0 Å². The summed E-state index contributed by atoms with van der Waals surface area (Å²) in [7, 11) is 0. The standard InChI is InChI=1S/C9H13N3/c1-8-11-6-7-12(8)9-2-4-10-5-3-9/h2-5,8,11H,6-7H2,1H3. The van der Waals surface area contributed by atoms with Crippen molar-refractivity contribution in [3.63, 3.8) is 0 Å². The van der Waals surface area contributed by atoms with Gasteiger partial charge in [0.15, 0.2) is 0 Å². The second kappa shape index (κ2) is 3.11. The van der Waals surface area contributed by atoms with Crippen molar-refractivity contribution in [3.8, 4) is 0 Å². The highest BCUT2D eigenvalue weighted by molar-refractivity contribution is 5.46. The third-order valence-electron chi connectivity index (χ3n) is 2.25. The van der Waals surface area contributed by atoms with Crippen LogP contribution in [0.5, 0.6) is 0 Å². The van der Waals surface area contributed by atoms with Gasteiger partial charge >= 0.3 is 0 Å². The van der Waals surface area contributed by atoms with Crippen molar-refractivity contribution < 1.29 is 0 Å². The Morgan fingerprint density at radius 2 is 2.25 bits per heavy atom. The molecule has 0 bridgehead atoms. The maximum atomic E-state index is 3.99. The summed E-state index contributed by atoms with van der Waals surface area (Å²) in [6, 6.07) is 4.09. The first kappa shape index (κ1) is 7.55. The Morgan fingerprint density at radius 3 is 2.83 bits per heavy atom. The third kappa shape index (κ3) is 1.28. The average Bonchev–Trinajstić information content (AvgIpc) is 2.53. The number of nitrogens with one attached hydrogen (secondary N) is 1. The molecule has 1 aliphatic rings. The molecule has 1 aromatic rings. The Kier molecular flexibility index (Phi) is 1.96. The minimum Gasteiger partial charge on any atom is -0.355 e. The second-order valence-corrected chi connectivity index (χ2v) is 3.03. The highest BCUT2D eigenvalue weighted by Gasteiger charge is 2.18. The highest BCUT2D eigenvalue weighted by Crippen LogP contribution is 2.16. The van der Waals surface area contributed by atoms with Gasteiger partial charge in [0, 0.05) is 31.2 Å². The topological polar surface area (TPSA) is 28.2 Å². The van der Waals surface area contributed by atoms with Crippen molar-refractivity contribution in [2.45, 2.75) is 13.1 Å². The van der Waals surface area contributed by atoms with E-state index in [-0.39, 0.29) is 0 Å². The molecule has 0 aromatic carbocycles. The first-order valence-electron chi connectivity index (χ1n) is 4.28. The van der Waals surface area contributed by atoms with Gasteiger partial charge in [0.25, 0.3) is 0 Å². The molecule has 1 unspecified atom stereocenters. The largest absolute Gasteiger partial charge is 0.355 e. The molecule has 1 saturated heterocycles. The monoisotopic (exact) mass is 163 g/mol. The maximum Gasteiger partial charge on any atom is 0.0768 e. The van der Waals surface area contributed by atoms with E-state index in [1.807, 2.05) is 24.5 Å². The first-order valence-corrected chi connectivity index (χ1v) is 4.28. The van der Waals surface area contributed by atoms with Crippen molar-refractivity contribution in [2.24, 2.45) is 0 Å². The SMILES string of the molecule is CC1NCCN1c1ccncc1. The Labute approximate surface area is 72.4 Å². The minimum atomic E-state index is 0.451. The molecule has 1 aliphatic heterocycles. The molecular weight excluding hydrogens is 150 g/mol. The van der Waals surface area contributed by atoms with Crippen LogP contribution in [0.1, 0.15) is 6.92 Å². The van der Waals surface area contributed by atoms with Gasteiger partial charge in [-0.05, 0) is 19.1 Å². The molecule has 1 N–H and O–H groups in total. The molecule has 12 heavy (non-hydrogen) atoms. The summed E-state index contributed by atoms with van der Waals surface area (Å²) in [5.41, 5.74) is 1.25. The minimum absolute atomic E-state index is 0.451. The Balaban J connectivity index is 2.19. The van der Waals surface area contributed by atoms with Crippen LogP contribution in [0.25, 0.3) is 0 Å². The average molecular weight is 163 g/mol. The number of hydrogen-bond acceptors (Lipinski definition) is 3. The molecule has 3 nitrogen and oxygen atoms in total. The summed E-state index contributed by atoms with van der Waals surface area (Å²) in [4.78, 5) is 6.33. The normalized spacial score (nSPS) is 23.1. The highest BCUT2D eigenvalue weighted by atomic mass is 15.3. The van der Waals surface area contributed by atoms with Gasteiger partial charge in [-0.1, -0.05) is 0 Å². The van der Waals surface area contributed by atoms with Gasteiger partial charge in [0.2, 0.25) is 0 Å². The van der Waals surface area contributed by atoms with E-state index in [2.05, 4.69) is 22.1 Å². The third-order valence-corrected chi connectivity index (χ3v) is 2.25. The number of rotatable bonds is 1. The molecular formula is C9H13N3. The van der Waals surface area contributed by atoms with E-state index in [1.165, 1.54) is 5.69 Å². The summed E-state index contributed by atoms with van der Waals surface area (Å²) < 4.78 is 0. The number of pyridine rings is 1. The predicted molar refractivity (Wildman–Crippen MR) is 49.0 cm³/mol. The Bertz CT molecular complexity index is 247. The molecule has 3 heteroatoms. The molecule has 0 spiro atoms. The fraction of sp³-hybridized carbons (Fsp3) is 0.444. The number of aromatic nitrogens is 1. The van der Waals surface area contributed by atoms with Crippen molar-refractivity contribution >= 4 is 5.69 Å². The van der Waals surface area contributed by atoms with E-state index in [0.29, 0.717) is 6.17 Å². The van der Waals surface area contributed by atoms with Gasteiger partial charge in [0.1, 0.15) is 0 Å². The molecule has 1 fully saturated rings. The van der Waals surface area contributed by atoms with Gasteiger partial charge in [-0.15, -0.1) is 0 Å². The number of nitrogens with zero attached hydrogens (tertiary/aromatic N) is 2. The van der Waals surface area contributed by atoms with Gasteiger partial charge in [0.05, 0.1) is 6.17 Å². The Hall–Kier alpha value is -1.09. The molecule has 0 aliphatic carbocycles. The molecule has 1 atom stereocenters. The summed E-state index contributed by atoms with van der Waals surface area (Å²) in [5.74, 6) is 0. The quantitative estimate of drug-likeness (QED) is 0.665. The van der Waals surface area contributed by atoms with E-state index in [4.69, 9.17) is 0 Å². The molecule has 2 heterocycles. The fourth-order valence-electron chi connectivity index (χ4n) is 1.59. The maximum absolute atomic E-state index is 3.99. The lowest BCUT2D eigenvalue weighted by atomic mass is 10.3. The molecule has 0 saturated carbocycles. The smallest absolute Gasteiger partial charge is 0.0768 e. The van der Waals surface area contributed by atoms with E-state index in [1.54, 1.807) is 0 Å². The Morgan fingerprint density at radius 1 is 1.50 bits per heavy atom. The summed E-state index contributed by atoms with van der Waals surface area (Å²) in [6.45, 7) is 4.34. The second-order valence-electron chi connectivity index (χ2n) is 3.03. The number of anilines is 1. The molecule has 0 amide bonds. The van der Waals surface area contributed by atoms with Crippen molar-refractivity contribution in [1.82, 2.24) is 10.3 Å². The van der Waals surface area contributed by atoms with Crippen molar-refractivity contribution in [2.75, 3.05) is 18.0 Å². The van der Waals surface area contributed by atoms with Gasteiger partial charge in [-0.2, -0.15) is 0 Å². The summed E-state index contributed by atoms with van der Waals surface area (Å²) in [5, 5.41) is 3.37.